The zero-order valence-electron chi connectivity index (χ0n) is 13.3. The number of aryl methyl sites for hydroxylation is 2. The number of imidazole rings is 1. The smallest absolute Gasteiger partial charge is 0.279 e. The molecule has 0 bridgehead atoms. The first kappa shape index (κ1) is 16.7. The highest BCUT2D eigenvalue weighted by Crippen LogP contribution is 2.28. The van der Waals surface area contributed by atoms with Crippen molar-refractivity contribution in [1.29, 1.82) is 0 Å². The van der Waals surface area contributed by atoms with Gasteiger partial charge >= 0.3 is 5.69 Å². The second-order valence-corrected chi connectivity index (χ2v) is 6.43. The Hall–Kier alpha value is -2.19. The first-order valence-electron chi connectivity index (χ1n) is 7.12. The van der Waals surface area contributed by atoms with E-state index in [9.17, 15) is 9.59 Å². The summed E-state index contributed by atoms with van der Waals surface area (Å²) in [7, 11) is 3.12. The molecule has 124 valence electrons. The third kappa shape index (κ3) is 2.17. The normalized spacial score (nSPS) is 11.1. The van der Waals surface area contributed by atoms with Gasteiger partial charge in [0.2, 0.25) is 0 Å². The van der Waals surface area contributed by atoms with E-state index in [4.69, 9.17) is 0 Å². The number of benzene rings is 1. The van der Waals surface area contributed by atoms with Gasteiger partial charge in [0.1, 0.15) is 0 Å². The van der Waals surface area contributed by atoms with Crippen molar-refractivity contribution in [1.82, 2.24) is 18.5 Å². The molecule has 8 heteroatoms. The molecule has 3 aromatic heterocycles. The standard InChI is InChI=1S/C16H14N4O2S.BrH/c1-9-4-6-10(7-5-9)11-8-23-15-17-13-12(20(11)15)14(21)19(3)16(22)18(13)2;/h4-8H,1-3H3;1H. The summed E-state index contributed by atoms with van der Waals surface area (Å²) in [4.78, 5) is 29.9. The summed E-state index contributed by atoms with van der Waals surface area (Å²) in [6.45, 7) is 2.03. The van der Waals surface area contributed by atoms with Crippen LogP contribution >= 0.6 is 28.3 Å². The van der Waals surface area contributed by atoms with E-state index < -0.39 is 0 Å². The third-order valence-corrected chi connectivity index (χ3v) is 4.92. The zero-order chi connectivity index (χ0) is 16.3. The van der Waals surface area contributed by atoms with Crippen molar-refractivity contribution in [2.24, 2.45) is 14.1 Å². The maximum Gasteiger partial charge on any atom is 0.332 e. The number of aromatic nitrogens is 4. The molecule has 0 atom stereocenters. The van der Waals surface area contributed by atoms with Crippen molar-refractivity contribution >= 4 is 44.4 Å². The van der Waals surface area contributed by atoms with Crippen LogP contribution in [0.2, 0.25) is 0 Å². The van der Waals surface area contributed by atoms with Crippen LogP contribution in [0.1, 0.15) is 5.56 Å². The number of hydrogen-bond donors (Lipinski definition) is 0. The summed E-state index contributed by atoms with van der Waals surface area (Å²) < 4.78 is 4.37. The summed E-state index contributed by atoms with van der Waals surface area (Å²) in [6, 6.07) is 8.11. The van der Waals surface area contributed by atoms with E-state index in [2.05, 4.69) is 4.98 Å². The van der Waals surface area contributed by atoms with E-state index in [0.29, 0.717) is 16.1 Å². The average Bonchev–Trinajstić information content (AvgIpc) is 3.11. The van der Waals surface area contributed by atoms with Crippen LogP contribution in [-0.4, -0.2) is 18.5 Å². The molecule has 0 spiro atoms. The molecule has 0 saturated carbocycles. The van der Waals surface area contributed by atoms with Crippen LogP contribution in [0.4, 0.5) is 0 Å². The molecule has 3 heterocycles. The minimum Gasteiger partial charge on any atom is -0.279 e. The molecular weight excluding hydrogens is 392 g/mol. The Kier molecular flexibility index (Phi) is 3.97. The highest BCUT2D eigenvalue weighted by molar-refractivity contribution is 8.93. The van der Waals surface area contributed by atoms with Gasteiger partial charge in [-0.15, -0.1) is 28.3 Å². The Balaban J connectivity index is 0.00000169. The third-order valence-electron chi connectivity index (χ3n) is 4.09. The molecule has 6 nitrogen and oxygen atoms in total. The van der Waals surface area contributed by atoms with Crippen molar-refractivity contribution in [3.8, 4) is 11.3 Å². The largest absolute Gasteiger partial charge is 0.332 e. The number of fused-ring (bicyclic) bond motifs is 3. The molecule has 0 aliphatic rings. The van der Waals surface area contributed by atoms with Gasteiger partial charge in [-0.3, -0.25) is 18.3 Å². The van der Waals surface area contributed by atoms with Crippen LogP contribution in [0.5, 0.6) is 0 Å². The van der Waals surface area contributed by atoms with Gasteiger partial charge in [-0.05, 0) is 12.5 Å². The number of rotatable bonds is 1. The van der Waals surface area contributed by atoms with Gasteiger partial charge < -0.3 is 0 Å². The lowest BCUT2D eigenvalue weighted by Crippen LogP contribution is -2.37. The molecule has 0 N–H and O–H groups in total. The van der Waals surface area contributed by atoms with Gasteiger partial charge in [-0.2, -0.15) is 0 Å². The topological polar surface area (TPSA) is 61.3 Å². The Labute approximate surface area is 151 Å². The van der Waals surface area contributed by atoms with Crippen LogP contribution in [0.15, 0.2) is 39.2 Å². The highest BCUT2D eigenvalue weighted by Gasteiger charge is 2.19. The molecule has 0 fully saturated rings. The van der Waals surface area contributed by atoms with Crippen LogP contribution in [-0.2, 0) is 14.1 Å². The molecule has 4 aromatic rings. The molecule has 0 unspecified atom stereocenters. The predicted molar refractivity (Wildman–Crippen MR) is 102 cm³/mol. The van der Waals surface area contributed by atoms with Crippen LogP contribution in [0, 0.1) is 6.92 Å². The molecule has 0 amide bonds. The lowest BCUT2D eigenvalue weighted by atomic mass is 10.1. The van der Waals surface area contributed by atoms with Gasteiger partial charge in [0.15, 0.2) is 16.1 Å². The highest BCUT2D eigenvalue weighted by atomic mass is 79.9. The molecule has 0 saturated heterocycles. The molecule has 0 radical (unpaired) electrons. The van der Waals surface area contributed by atoms with Crippen molar-refractivity contribution in [3.05, 3.63) is 56.0 Å². The molecule has 1 aromatic carbocycles. The maximum absolute atomic E-state index is 12.6. The maximum atomic E-state index is 12.6. The van der Waals surface area contributed by atoms with Gasteiger partial charge in [-0.25, -0.2) is 9.78 Å². The van der Waals surface area contributed by atoms with Gasteiger partial charge in [0, 0.05) is 19.5 Å². The minimum atomic E-state index is -0.370. The Morgan fingerprint density at radius 2 is 1.71 bits per heavy atom. The Morgan fingerprint density at radius 3 is 2.38 bits per heavy atom. The predicted octanol–water partition coefficient (Wildman–Crippen LogP) is 2.50. The number of nitrogens with zero attached hydrogens (tertiary/aromatic N) is 4. The van der Waals surface area contributed by atoms with E-state index in [0.717, 1.165) is 15.8 Å². The number of halogens is 1. The fraction of sp³-hybridized carbons (Fsp3) is 0.188. The van der Waals surface area contributed by atoms with Crippen molar-refractivity contribution in [2.75, 3.05) is 0 Å². The first-order chi connectivity index (χ1) is 11.0. The second-order valence-electron chi connectivity index (χ2n) is 5.59. The van der Waals surface area contributed by atoms with E-state index in [1.165, 1.54) is 28.5 Å². The fourth-order valence-electron chi connectivity index (χ4n) is 2.76. The molecule has 4 rings (SSSR count). The van der Waals surface area contributed by atoms with Gasteiger partial charge in [0.25, 0.3) is 5.56 Å². The quantitative estimate of drug-likeness (QED) is 0.487. The second kappa shape index (κ2) is 5.71. The van der Waals surface area contributed by atoms with E-state index >= 15 is 0 Å². The van der Waals surface area contributed by atoms with Gasteiger partial charge in [-0.1, -0.05) is 29.8 Å². The summed E-state index contributed by atoms with van der Waals surface area (Å²) in [6.07, 6.45) is 0. The summed E-state index contributed by atoms with van der Waals surface area (Å²) in [5, 5.41) is 1.98. The van der Waals surface area contributed by atoms with E-state index in [1.54, 1.807) is 7.05 Å². The Bertz CT molecular complexity index is 1180. The van der Waals surface area contributed by atoms with E-state index in [1.807, 2.05) is 41.0 Å². The molecule has 0 aliphatic carbocycles. The lowest BCUT2D eigenvalue weighted by Gasteiger charge is -2.04. The number of hydrogen-bond acceptors (Lipinski definition) is 4. The SMILES string of the molecule is Br.Cc1ccc(-c2csc3nc4c(c(=O)n(C)c(=O)n4C)n23)cc1. The number of thiazole rings is 1. The lowest BCUT2D eigenvalue weighted by molar-refractivity contribution is 0.708. The molecule has 0 aliphatic heterocycles. The summed E-state index contributed by atoms with van der Waals surface area (Å²) >= 11 is 1.46. The van der Waals surface area contributed by atoms with Crippen molar-refractivity contribution in [2.45, 2.75) is 6.92 Å². The summed E-state index contributed by atoms with van der Waals surface area (Å²) in [5.74, 6) is 0. The average molecular weight is 407 g/mol. The monoisotopic (exact) mass is 406 g/mol. The van der Waals surface area contributed by atoms with Crippen LogP contribution in [0.25, 0.3) is 27.4 Å². The zero-order valence-corrected chi connectivity index (χ0v) is 15.8. The molecule has 24 heavy (non-hydrogen) atoms. The van der Waals surface area contributed by atoms with Gasteiger partial charge in [0.05, 0.1) is 5.69 Å². The van der Waals surface area contributed by atoms with Crippen LogP contribution in [0.3, 0.4) is 0 Å². The Morgan fingerprint density at radius 1 is 1.04 bits per heavy atom. The van der Waals surface area contributed by atoms with Crippen LogP contribution < -0.4 is 11.2 Å². The van der Waals surface area contributed by atoms with E-state index in [-0.39, 0.29) is 28.2 Å². The van der Waals surface area contributed by atoms with Crippen molar-refractivity contribution in [3.63, 3.8) is 0 Å². The minimum absolute atomic E-state index is 0. The van der Waals surface area contributed by atoms with Crippen molar-refractivity contribution < 1.29 is 0 Å². The summed E-state index contributed by atoms with van der Waals surface area (Å²) in [5.41, 5.74) is 3.24. The first-order valence-corrected chi connectivity index (χ1v) is 7.99. The molecular formula is C16H15BrN4O2S. The fourth-order valence-corrected chi connectivity index (χ4v) is 3.65.